The molecule has 8 nitrogen and oxygen atoms in total. The fraction of sp³-hybridized carbons (Fsp3) is 0.333. The Morgan fingerprint density at radius 2 is 1.90 bits per heavy atom. The highest BCUT2D eigenvalue weighted by atomic mass is 79.9. The number of nitrogens with one attached hydrogen (secondary N) is 1. The van der Waals surface area contributed by atoms with Gasteiger partial charge < -0.3 is 14.4 Å². The minimum atomic E-state index is -3.81. The van der Waals surface area contributed by atoms with E-state index in [4.69, 9.17) is 9.47 Å². The number of ether oxygens (including phenoxy) is 2. The maximum Gasteiger partial charge on any atom is 0.276 e. The van der Waals surface area contributed by atoms with Crippen LogP contribution in [0.15, 0.2) is 44.8 Å². The molecule has 1 amide bonds. The van der Waals surface area contributed by atoms with Gasteiger partial charge in [0, 0.05) is 14.1 Å². The average molecular weight is 512 g/mol. The number of hydrogen-bond acceptors (Lipinski definition) is 6. The number of hydrogen-bond donors (Lipinski definition) is 1. The first kappa shape index (κ1) is 24.7. The van der Waals surface area contributed by atoms with Crippen LogP contribution in [0.25, 0.3) is 0 Å². The Morgan fingerprint density at radius 1 is 1.19 bits per heavy atom. The predicted octanol–water partition coefficient (Wildman–Crippen LogP) is 3.24. The summed E-state index contributed by atoms with van der Waals surface area (Å²) in [6.07, 6.45) is 1.37. The highest BCUT2D eigenvalue weighted by Gasteiger charge is 2.17. The molecule has 168 valence electrons. The number of hydrazone groups is 1. The minimum absolute atomic E-state index is 0.144. The molecule has 0 aromatic heterocycles. The minimum Gasteiger partial charge on any atom is -0.490 e. The molecular formula is C21H26BrN3O5S. The third-order valence-corrected chi connectivity index (χ3v) is 6.14. The number of amides is 1. The van der Waals surface area contributed by atoms with Crippen molar-refractivity contribution in [3.8, 4) is 11.5 Å². The van der Waals surface area contributed by atoms with Crippen molar-refractivity contribution in [2.45, 2.75) is 25.7 Å². The summed E-state index contributed by atoms with van der Waals surface area (Å²) in [7, 11) is -0.522. The van der Waals surface area contributed by atoms with Gasteiger partial charge >= 0.3 is 0 Å². The molecule has 0 saturated carbocycles. The van der Waals surface area contributed by atoms with Gasteiger partial charge in [-0.2, -0.15) is 13.5 Å². The van der Waals surface area contributed by atoms with Gasteiger partial charge in [0.05, 0.1) is 22.2 Å². The molecule has 0 heterocycles. The highest BCUT2D eigenvalue weighted by Crippen LogP contribution is 2.36. The monoisotopic (exact) mass is 511 g/mol. The Labute approximate surface area is 191 Å². The van der Waals surface area contributed by atoms with Gasteiger partial charge in [-0.05, 0) is 71.6 Å². The summed E-state index contributed by atoms with van der Waals surface area (Å²) in [5.74, 6) is 0.591. The van der Waals surface area contributed by atoms with E-state index in [1.807, 2.05) is 19.9 Å². The largest absolute Gasteiger partial charge is 0.490 e. The van der Waals surface area contributed by atoms with Crippen molar-refractivity contribution >= 4 is 38.1 Å². The number of nitrogens with zero attached hydrogens (tertiary/aromatic N) is 2. The van der Waals surface area contributed by atoms with Crippen molar-refractivity contribution in [2.24, 2.45) is 5.10 Å². The zero-order valence-corrected chi connectivity index (χ0v) is 20.5. The van der Waals surface area contributed by atoms with Crippen molar-refractivity contribution in [3.05, 3.63) is 51.5 Å². The molecule has 0 aliphatic carbocycles. The van der Waals surface area contributed by atoms with Crippen molar-refractivity contribution in [1.29, 1.82) is 0 Å². The topological polar surface area (TPSA) is 97.3 Å². The van der Waals surface area contributed by atoms with Gasteiger partial charge in [0.15, 0.2) is 18.1 Å². The standard InChI is InChI=1S/C21H26BrN3O5S/c1-6-29-18-11-16(10-17(22)21(18)30-13-20(26)25(4)5)12-23-24-31(27,28)19-9-14(2)7-8-15(19)3/h7-12,24H,6,13H2,1-5H3. The molecule has 0 bridgehead atoms. The Hall–Kier alpha value is -2.59. The zero-order chi connectivity index (χ0) is 23.2. The number of aryl methyl sites for hydroxylation is 2. The van der Waals surface area contributed by atoms with Gasteiger partial charge in [-0.25, -0.2) is 4.83 Å². The quantitative estimate of drug-likeness (QED) is 0.411. The van der Waals surface area contributed by atoms with Crippen LogP contribution in [0.1, 0.15) is 23.6 Å². The van der Waals surface area contributed by atoms with Gasteiger partial charge in [0.2, 0.25) is 0 Å². The summed E-state index contributed by atoms with van der Waals surface area (Å²) in [5, 5.41) is 3.89. The molecular weight excluding hydrogens is 486 g/mol. The fourth-order valence-electron chi connectivity index (χ4n) is 2.54. The van der Waals surface area contributed by atoms with Crippen LogP contribution in [0.3, 0.4) is 0 Å². The van der Waals surface area contributed by atoms with Crippen LogP contribution in [0.5, 0.6) is 11.5 Å². The van der Waals surface area contributed by atoms with Crippen LogP contribution in [-0.4, -0.2) is 52.7 Å². The van der Waals surface area contributed by atoms with E-state index >= 15 is 0 Å². The number of carbonyl (C=O) groups is 1. The van der Waals surface area contributed by atoms with Crippen LogP contribution in [0.4, 0.5) is 0 Å². The lowest BCUT2D eigenvalue weighted by Gasteiger charge is -2.16. The van der Waals surface area contributed by atoms with Gasteiger partial charge in [-0.3, -0.25) is 4.79 Å². The molecule has 31 heavy (non-hydrogen) atoms. The molecule has 0 radical (unpaired) electrons. The number of halogens is 1. The van der Waals surface area contributed by atoms with E-state index in [0.717, 1.165) is 5.56 Å². The normalized spacial score (nSPS) is 11.4. The summed E-state index contributed by atoms with van der Waals surface area (Å²) in [6, 6.07) is 8.53. The lowest BCUT2D eigenvalue weighted by molar-refractivity contribution is -0.130. The smallest absolute Gasteiger partial charge is 0.276 e. The maximum atomic E-state index is 12.6. The lowest BCUT2D eigenvalue weighted by atomic mass is 10.2. The second-order valence-corrected chi connectivity index (χ2v) is 9.45. The summed E-state index contributed by atoms with van der Waals surface area (Å²) in [5.41, 5.74) is 2.04. The molecule has 10 heteroatoms. The summed E-state index contributed by atoms with van der Waals surface area (Å²) >= 11 is 3.41. The SMILES string of the molecule is CCOc1cc(C=NNS(=O)(=O)c2cc(C)ccc2C)cc(Br)c1OCC(=O)N(C)C. The van der Waals surface area contributed by atoms with E-state index in [0.29, 0.717) is 33.7 Å². The highest BCUT2D eigenvalue weighted by molar-refractivity contribution is 9.10. The van der Waals surface area contributed by atoms with E-state index < -0.39 is 10.0 Å². The first-order chi connectivity index (χ1) is 14.5. The molecule has 1 N–H and O–H groups in total. The molecule has 0 unspecified atom stereocenters. The first-order valence-electron chi connectivity index (χ1n) is 9.46. The molecule has 0 aliphatic heterocycles. The van der Waals surface area contributed by atoms with Crippen molar-refractivity contribution in [1.82, 2.24) is 9.73 Å². The number of sulfonamides is 1. The molecule has 0 atom stereocenters. The molecule has 0 spiro atoms. The summed E-state index contributed by atoms with van der Waals surface area (Å²) in [4.78, 5) is 15.7. The number of likely N-dealkylation sites (N-methyl/N-ethyl adjacent to an activating group) is 1. The van der Waals surface area contributed by atoms with Crippen LogP contribution in [0, 0.1) is 13.8 Å². The molecule has 0 aliphatic rings. The molecule has 2 aromatic carbocycles. The number of benzene rings is 2. The first-order valence-corrected chi connectivity index (χ1v) is 11.7. The fourth-order valence-corrected chi connectivity index (χ4v) is 4.24. The third-order valence-electron chi connectivity index (χ3n) is 4.19. The zero-order valence-electron chi connectivity index (χ0n) is 18.1. The second-order valence-electron chi connectivity index (χ2n) is 6.96. The van der Waals surface area contributed by atoms with Gasteiger partial charge in [-0.1, -0.05) is 12.1 Å². The van der Waals surface area contributed by atoms with E-state index in [2.05, 4.69) is 25.9 Å². The van der Waals surface area contributed by atoms with Gasteiger partial charge in [-0.15, -0.1) is 0 Å². The third kappa shape index (κ3) is 6.70. The van der Waals surface area contributed by atoms with Crippen LogP contribution in [0.2, 0.25) is 0 Å². The van der Waals surface area contributed by atoms with Crippen LogP contribution < -0.4 is 14.3 Å². The predicted molar refractivity (Wildman–Crippen MR) is 123 cm³/mol. The lowest BCUT2D eigenvalue weighted by Crippen LogP contribution is -2.27. The van der Waals surface area contributed by atoms with Crippen molar-refractivity contribution in [2.75, 3.05) is 27.3 Å². The van der Waals surface area contributed by atoms with E-state index in [9.17, 15) is 13.2 Å². The van der Waals surface area contributed by atoms with Crippen LogP contribution in [-0.2, 0) is 14.8 Å². The molecule has 0 saturated heterocycles. The Bertz CT molecular complexity index is 1080. The Balaban J connectivity index is 2.23. The molecule has 2 aromatic rings. The maximum absolute atomic E-state index is 12.6. The van der Waals surface area contributed by atoms with Gasteiger partial charge in [0.1, 0.15) is 0 Å². The Kier molecular flexibility index (Phi) is 8.46. The number of rotatable bonds is 9. The van der Waals surface area contributed by atoms with E-state index in [-0.39, 0.29) is 17.4 Å². The molecule has 2 rings (SSSR count). The van der Waals surface area contributed by atoms with E-state index in [1.165, 1.54) is 11.1 Å². The van der Waals surface area contributed by atoms with E-state index in [1.54, 1.807) is 45.3 Å². The summed E-state index contributed by atoms with van der Waals surface area (Å²) in [6.45, 7) is 5.61. The second kappa shape index (κ2) is 10.6. The van der Waals surface area contributed by atoms with Gasteiger partial charge in [0.25, 0.3) is 15.9 Å². The van der Waals surface area contributed by atoms with Crippen molar-refractivity contribution in [3.63, 3.8) is 0 Å². The molecule has 0 fully saturated rings. The summed E-state index contributed by atoms with van der Waals surface area (Å²) < 4.78 is 36.9. The van der Waals surface area contributed by atoms with Crippen LogP contribution >= 0.6 is 15.9 Å². The number of carbonyl (C=O) groups excluding carboxylic acids is 1. The van der Waals surface area contributed by atoms with Crippen molar-refractivity contribution < 1.29 is 22.7 Å². The Morgan fingerprint density at radius 3 is 2.55 bits per heavy atom. The average Bonchev–Trinajstić information content (AvgIpc) is 2.69.